The molecule has 0 radical (unpaired) electrons. The number of carbonyl (C=O) groups excluding carboxylic acids is 1. The van der Waals surface area contributed by atoms with Gasteiger partial charge in [0.15, 0.2) is 0 Å². The lowest BCUT2D eigenvalue weighted by atomic mass is 10.1. The van der Waals surface area contributed by atoms with E-state index in [4.69, 9.17) is 0 Å². The van der Waals surface area contributed by atoms with Gasteiger partial charge in [0.05, 0.1) is 17.1 Å². The van der Waals surface area contributed by atoms with Crippen molar-refractivity contribution in [3.8, 4) is 0 Å². The van der Waals surface area contributed by atoms with Crippen molar-refractivity contribution < 1.29 is 4.79 Å². The zero-order valence-corrected chi connectivity index (χ0v) is 12.7. The second-order valence-corrected chi connectivity index (χ2v) is 6.41. The van der Waals surface area contributed by atoms with Crippen molar-refractivity contribution in [1.82, 2.24) is 20.2 Å². The average molecular weight is 298 g/mol. The van der Waals surface area contributed by atoms with Gasteiger partial charge in [-0.3, -0.25) is 4.79 Å². The van der Waals surface area contributed by atoms with Crippen LogP contribution in [0.3, 0.4) is 0 Å². The molecule has 1 aromatic heterocycles. The molecule has 1 saturated carbocycles. The first-order valence-electron chi connectivity index (χ1n) is 8.28. The van der Waals surface area contributed by atoms with Gasteiger partial charge in [-0.15, -0.1) is 0 Å². The third kappa shape index (κ3) is 2.50. The van der Waals surface area contributed by atoms with Crippen LogP contribution in [-0.4, -0.2) is 40.4 Å². The highest BCUT2D eigenvalue weighted by Crippen LogP contribution is 2.28. The van der Waals surface area contributed by atoms with Crippen molar-refractivity contribution in [3.05, 3.63) is 30.1 Å². The number of imidazole rings is 1. The van der Waals surface area contributed by atoms with Crippen molar-refractivity contribution >= 4 is 16.9 Å². The van der Waals surface area contributed by atoms with Crippen LogP contribution in [0.15, 0.2) is 24.3 Å². The molecule has 1 unspecified atom stereocenters. The fraction of sp³-hybridized carbons (Fsp3) is 0.529. The van der Waals surface area contributed by atoms with Gasteiger partial charge in [0, 0.05) is 25.6 Å². The first-order valence-corrected chi connectivity index (χ1v) is 8.28. The van der Waals surface area contributed by atoms with Crippen LogP contribution in [-0.2, 0) is 4.79 Å². The Labute approximate surface area is 130 Å². The number of nitrogens with one attached hydrogen (secondary N) is 2. The molecular weight excluding hydrogens is 276 g/mol. The fourth-order valence-corrected chi connectivity index (χ4v) is 3.70. The SMILES string of the molecule is O=C(C1CCCC1)N1CCNC(c2nc3ccccc3[nH]2)C1. The lowest BCUT2D eigenvalue weighted by Crippen LogP contribution is -2.50. The number of para-hydroxylation sites is 2. The van der Waals surface area contributed by atoms with Crippen LogP contribution in [0.1, 0.15) is 37.5 Å². The summed E-state index contributed by atoms with van der Waals surface area (Å²) in [4.78, 5) is 22.7. The summed E-state index contributed by atoms with van der Waals surface area (Å²) in [6.45, 7) is 2.36. The van der Waals surface area contributed by atoms with Gasteiger partial charge in [0.25, 0.3) is 0 Å². The number of amides is 1. The highest BCUT2D eigenvalue weighted by molar-refractivity contribution is 5.79. The molecule has 1 aromatic carbocycles. The van der Waals surface area contributed by atoms with E-state index in [2.05, 4.69) is 15.3 Å². The summed E-state index contributed by atoms with van der Waals surface area (Å²) in [7, 11) is 0. The van der Waals surface area contributed by atoms with Gasteiger partial charge >= 0.3 is 0 Å². The van der Waals surface area contributed by atoms with Gasteiger partial charge in [-0.2, -0.15) is 0 Å². The van der Waals surface area contributed by atoms with Crippen molar-refractivity contribution in [2.75, 3.05) is 19.6 Å². The van der Waals surface area contributed by atoms with E-state index in [1.807, 2.05) is 29.2 Å². The smallest absolute Gasteiger partial charge is 0.225 e. The van der Waals surface area contributed by atoms with Gasteiger partial charge in [0.1, 0.15) is 5.82 Å². The molecule has 2 aliphatic rings. The van der Waals surface area contributed by atoms with Crippen LogP contribution in [0.25, 0.3) is 11.0 Å². The molecule has 0 bridgehead atoms. The minimum Gasteiger partial charge on any atom is -0.341 e. The zero-order valence-electron chi connectivity index (χ0n) is 12.7. The highest BCUT2D eigenvalue weighted by atomic mass is 16.2. The Balaban J connectivity index is 1.51. The number of aromatic amines is 1. The Morgan fingerprint density at radius 1 is 1.23 bits per heavy atom. The third-order valence-corrected chi connectivity index (χ3v) is 4.93. The molecule has 1 amide bonds. The maximum atomic E-state index is 12.6. The molecule has 2 N–H and O–H groups in total. The fourth-order valence-electron chi connectivity index (χ4n) is 3.70. The molecule has 1 aliphatic carbocycles. The minimum absolute atomic E-state index is 0.103. The second kappa shape index (κ2) is 5.72. The molecule has 5 heteroatoms. The quantitative estimate of drug-likeness (QED) is 0.894. The van der Waals surface area contributed by atoms with E-state index in [1.54, 1.807) is 0 Å². The topological polar surface area (TPSA) is 61.0 Å². The number of fused-ring (bicyclic) bond motifs is 1. The summed E-state index contributed by atoms with van der Waals surface area (Å²) in [5, 5.41) is 3.48. The molecule has 4 rings (SSSR count). The van der Waals surface area contributed by atoms with Crippen LogP contribution < -0.4 is 5.32 Å². The van der Waals surface area contributed by atoms with Crippen molar-refractivity contribution in [2.24, 2.45) is 5.92 Å². The first kappa shape index (κ1) is 13.8. The van der Waals surface area contributed by atoms with E-state index >= 15 is 0 Å². The van der Waals surface area contributed by atoms with Gasteiger partial charge in [-0.1, -0.05) is 25.0 Å². The van der Waals surface area contributed by atoms with Gasteiger partial charge < -0.3 is 15.2 Å². The van der Waals surface area contributed by atoms with E-state index in [0.717, 1.165) is 49.3 Å². The van der Waals surface area contributed by atoms with Crippen molar-refractivity contribution in [1.29, 1.82) is 0 Å². The molecule has 116 valence electrons. The molecule has 2 fully saturated rings. The maximum absolute atomic E-state index is 12.6. The number of carbonyl (C=O) groups is 1. The monoisotopic (exact) mass is 298 g/mol. The first-order chi connectivity index (χ1) is 10.8. The van der Waals surface area contributed by atoms with E-state index in [9.17, 15) is 4.79 Å². The predicted octanol–water partition coefficient (Wildman–Crippen LogP) is 2.23. The number of benzene rings is 1. The standard InChI is InChI=1S/C17H22N4O/c22-17(12-5-1-2-6-12)21-10-9-18-15(11-21)16-19-13-7-3-4-8-14(13)20-16/h3-4,7-8,12,15,18H,1-2,5-6,9-11H2,(H,19,20). The number of rotatable bonds is 2. The van der Waals surface area contributed by atoms with Crippen LogP contribution in [0.4, 0.5) is 0 Å². The molecule has 2 aromatic rings. The molecule has 1 atom stereocenters. The summed E-state index contributed by atoms with van der Waals surface area (Å²) < 4.78 is 0. The molecule has 1 saturated heterocycles. The molecule has 5 nitrogen and oxygen atoms in total. The molecular formula is C17H22N4O. The zero-order chi connectivity index (χ0) is 14.9. The van der Waals surface area contributed by atoms with Crippen molar-refractivity contribution in [3.63, 3.8) is 0 Å². The maximum Gasteiger partial charge on any atom is 0.225 e. The summed E-state index contributed by atoms with van der Waals surface area (Å²) in [5.41, 5.74) is 2.04. The third-order valence-electron chi connectivity index (χ3n) is 4.93. The van der Waals surface area contributed by atoms with Crippen LogP contribution in [0.2, 0.25) is 0 Å². The van der Waals surface area contributed by atoms with Crippen molar-refractivity contribution in [2.45, 2.75) is 31.7 Å². The number of hydrogen-bond acceptors (Lipinski definition) is 3. The largest absolute Gasteiger partial charge is 0.341 e. The average Bonchev–Trinajstić information content (AvgIpc) is 3.23. The number of H-pyrrole nitrogens is 1. The van der Waals surface area contributed by atoms with E-state index in [1.165, 1.54) is 12.8 Å². The second-order valence-electron chi connectivity index (χ2n) is 6.41. The normalized spacial score (nSPS) is 23.3. The molecule has 1 aliphatic heterocycles. The Bertz CT molecular complexity index is 641. The number of piperazine rings is 1. The molecule has 2 heterocycles. The highest BCUT2D eigenvalue weighted by Gasteiger charge is 2.31. The van der Waals surface area contributed by atoms with Crippen LogP contribution in [0, 0.1) is 5.92 Å². The molecule has 22 heavy (non-hydrogen) atoms. The predicted molar refractivity (Wildman–Crippen MR) is 85.4 cm³/mol. The van der Waals surface area contributed by atoms with E-state index in [-0.39, 0.29) is 12.0 Å². The lowest BCUT2D eigenvalue weighted by molar-refractivity contribution is -0.136. The number of aromatic nitrogens is 2. The van der Waals surface area contributed by atoms with E-state index in [0.29, 0.717) is 5.91 Å². The number of nitrogens with zero attached hydrogens (tertiary/aromatic N) is 2. The van der Waals surface area contributed by atoms with E-state index < -0.39 is 0 Å². The Hall–Kier alpha value is -1.88. The van der Waals surface area contributed by atoms with Gasteiger partial charge in [-0.25, -0.2) is 4.98 Å². The summed E-state index contributed by atoms with van der Waals surface area (Å²) in [5.74, 6) is 1.54. The Kier molecular flexibility index (Phi) is 3.58. The Morgan fingerprint density at radius 3 is 2.86 bits per heavy atom. The lowest BCUT2D eigenvalue weighted by Gasteiger charge is -2.34. The summed E-state index contributed by atoms with van der Waals surface area (Å²) >= 11 is 0. The summed E-state index contributed by atoms with van der Waals surface area (Å²) in [6.07, 6.45) is 4.54. The molecule has 0 spiro atoms. The minimum atomic E-state index is 0.103. The van der Waals surface area contributed by atoms with Crippen LogP contribution >= 0.6 is 0 Å². The number of hydrogen-bond donors (Lipinski definition) is 2. The van der Waals surface area contributed by atoms with Gasteiger partial charge in [-0.05, 0) is 25.0 Å². The Morgan fingerprint density at radius 2 is 2.05 bits per heavy atom. The van der Waals surface area contributed by atoms with Crippen LogP contribution in [0.5, 0.6) is 0 Å². The summed E-state index contributed by atoms with van der Waals surface area (Å²) in [6, 6.07) is 8.16. The van der Waals surface area contributed by atoms with Gasteiger partial charge in [0.2, 0.25) is 5.91 Å².